The van der Waals surface area contributed by atoms with Gasteiger partial charge in [-0.3, -0.25) is 9.36 Å². The molecule has 0 amide bonds. The molecule has 1 unspecified atom stereocenters. The van der Waals surface area contributed by atoms with Gasteiger partial charge < -0.3 is 9.26 Å². The van der Waals surface area contributed by atoms with Crippen LogP contribution < -0.4 is 5.30 Å². The lowest BCUT2D eigenvalue weighted by Crippen LogP contribution is -2.35. The molecule has 0 N–H and O–H groups in total. The van der Waals surface area contributed by atoms with Gasteiger partial charge in [-0.2, -0.15) is 0 Å². The van der Waals surface area contributed by atoms with Crippen molar-refractivity contribution in [3.63, 3.8) is 0 Å². The van der Waals surface area contributed by atoms with Gasteiger partial charge in [-0.1, -0.05) is 45.4 Å². The van der Waals surface area contributed by atoms with Crippen LogP contribution in [0.1, 0.15) is 53.9 Å². The predicted molar refractivity (Wildman–Crippen MR) is 106 cm³/mol. The first kappa shape index (κ1) is 21.2. The normalized spacial score (nSPS) is 26.9. The molecule has 0 saturated heterocycles. The van der Waals surface area contributed by atoms with Crippen molar-refractivity contribution in [2.45, 2.75) is 66.1 Å². The molecule has 1 fully saturated rings. The van der Waals surface area contributed by atoms with Crippen molar-refractivity contribution in [2.24, 2.45) is 17.8 Å². The summed E-state index contributed by atoms with van der Waals surface area (Å²) in [6.07, 6.45) is 2.99. The number of carbonyl (C=O) groups is 1. The van der Waals surface area contributed by atoms with E-state index < -0.39 is 13.5 Å². The molecular weight excluding hydrogens is 347 g/mol. The maximum Gasteiger partial charge on any atom is 0.302 e. The van der Waals surface area contributed by atoms with E-state index in [0.29, 0.717) is 23.1 Å². The lowest BCUT2D eigenvalue weighted by molar-refractivity contribution is -0.144. The Morgan fingerprint density at radius 3 is 2.42 bits per heavy atom. The van der Waals surface area contributed by atoms with Crippen LogP contribution in [-0.4, -0.2) is 24.3 Å². The molecule has 0 spiro atoms. The fourth-order valence-electron chi connectivity index (χ4n) is 3.98. The summed E-state index contributed by atoms with van der Waals surface area (Å²) in [7, 11) is -3.13. The van der Waals surface area contributed by atoms with Crippen LogP contribution in [0.25, 0.3) is 0 Å². The maximum atomic E-state index is 13.9. The highest BCUT2D eigenvalue weighted by molar-refractivity contribution is 7.67. The first-order valence-electron chi connectivity index (χ1n) is 9.71. The molecule has 4 nitrogen and oxygen atoms in total. The molecule has 0 bridgehead atoms. The van der Waals surface area contributed by atoms with E-state index in [4.69, 9.17) is 9.26 Å². The van der Waals surface area contributed by atoms with Crippen molar-refractivity contribution >= 4 is 18.6 Å². The molecule has 1 aromatic carbocycles. The van der Waals surface area contributed by atoms with E-state index >= 15 is 0 Å². The van der Waals surface area contributed by atoms with Gasteiger partial charge >= 0.3 is 5.97 Å². The zero-order valence-electron chi connectivity index (χ0n) is 16.7. The van der Waals surface area contributed by atoms with Crippen LogP contribution in [0.4, 0.5) is 0 Å². The average molecular weight is 380 g/mol. The number of ether oxygens (including phenoxy) is 1. The average Bonchev–Trinajstić information content (AvgIpc) is 2.54. The Bertz CT molecular complexity index is 628. The molecule has 5 atom stereocenters. The van der Waals surface area contributed by atoms with Gasteiger partial charge in [0.05, 0.1) is 12.3 Å². The largest absolute Gasteiger partial charge is 0.462 e. The first-order chi connectivity index (χ1) is 12.2. The molecule has 26 heavy (non-hydrogen) atoms. The van der Waals surface area contributed by atoms with Crippen LogP contribution in [0.5, 0.6) is 0 Å². The van der Waals surface area contributed by atoms with Crippen LogP contribution in [0.3, 0.4) is 0 Å². The molecule has 146 valence electrons. The van der Waals surface area contributed by atoms with Gasteiger partial charge in [0.25, 0.3) is 0 Å². The van der Waals surface area contributed by atoms with E-state index in [1.54, 1.807) is 6.92 Å². The molecule has 1 saturated carbocycles. The Morgan fingerprint density at radius 1 is 1.19 bits per heavy atom. The number of benzene rings is 1. The van der Waals surface area contributed by atoms with Gasteiger partial charge in [0.1, 0.15) is 6.10 Å². The minimum absolute atomic E-state index is 0.0192. The summed E-state index contributed by atoms with van der Waals surface area (Å²) in [5.41, 5.74) is 0. The predicted octanol–water partition coefficient (Wildman–Crippen LogP) is 5.02. The summed E-state index contributed by atoms with van der Waals surface area (Å²) < 4.78 is 25.6. The molecule has 0 heterocycles. The summed E-state index contributed by atoms with van der Waals surface area (Å²) in [6.45, 7) is 9.83. The Morgan fingerprint density at radius 2 is 1.85 bits per heavy atom. The quantitative estimate of drug-likeness (QED) is 0.492. The van der Waals surface area contributed by atoms with Crippen LogP contribution in [0.2, 0.25) is 0 Å². The summed E-state index contributed by atoms with van der Waals surface area (Å²) >= 11 is 0. The third-order valence-corrected chi connectivity index (χ3v) is 7.97. The first-order valence-corrected chi connectivity index (χ1v) is 11.5. The van der Waals surface area contributed by atoms with Crippen LogP contribution in [0, 0.1) is 17.8 Å². The van der Waals surface area contributed by atoms with Gasteiger partial charge in [0.15, 0.2) is 0 Å². The second-order valence-electron chi connectivity index (χ2n) is 8.08. The SMILES string of the molecule is CC(=O)OC(C)C[P@](=O)(O[C@@H]1C[C@H](C)CC[C@H]1C(C)C)c1ccccc1. The Labute approximate surface area is 158 Å². The number of carbonyl (C=O) groups excluding carboxylic acids is 1. The smallest absolute Gasteiger partial charge is 0.302 e. The molecule has 0 aliphatic heterocycles. The number of rotatable bonds is 7. The number of hydrogen-bond acceptors (Lipinski definition) is 4. The molecule has 5 heteroatoms. The molecule has 1 aromatic rings. The minimum Gasteiger partial charge on any atom is -0.462 e. The van der Waals surface area contributed by atoms with Crippen molar-refractivity contribution in [3.8, 4) is 0 Å². The van der Waals surface area contributed by atoms with E-state index in [0.717, 1.165) is 12.8 Å². The fourth-order valence-corrected chi connectivity index (χ4v) is 6.45. The Hall–Kier alpha value is -1.12. The third kappa shape index (κ3) is 5.69. The van der Waals surface area contributed by atoms with Crippen LogP contribution in [0.15, 0.2) is 30.3 Å². The monoisotopic (exact) mass is 380 g/mol. The minimum atomic E-state index is -3.13. The third-order valence-electron chi connectivity index (χ3n) is 5.28. The summed E-state index contributed by atoms with van der Waals surface area (Å²) in [5.74, 6) is 1.11. The van der Waals surface area contributed by atoms with Crippen LogP contribution in [-0.2, 0) is 18.6 Å². The van der Waals surface area contributed by atoms with Gasteiger partial charge in [-0.25, -0.2) is 0 Å². The van der Waals surface area contributed by atoms with Crippen molar-refractivity contribution in [3.05, 3.63) is 30.3 Å². The maximum absolute atomic E-state index is 13.9. The van der Waals surface area contributed by atoms with E-state index in [1.807, 2.05) is 30.3 Å². The Balaban J connectivity index is 2.28. The van der Waals surface area contributed by atoms with Crippen molar-refractivity contribution < 1.29 is 18.6 Å². The second-order valence-corrected chi connectivity index (χ2v) is 10.5. The van der Waals surface area contributed by atoms with E-state index in [1.165, 1.54) is 13.3 Å². The van der Waals surface area contributed by atoms with Crippen molar-refractivity contribution in [1.29, 1.82) is 0 Å². The molecule has 1 aliphatic carbocycles. The highest BCUT2D eigenvalue weighted by atomic mass is 31.2. The number of esters is 1. The second kappa shape index (κ2) is 9.19. The molecule has 1 aliphatic rings. The van der Waals surface area contributed by atoms with Crippen molar-refractivity contribution in [1.82, 2.24) is 0 Å². The highest BCUT2D eigenvalue weighted by Crippen LogP contribution is 2.51. The van der Waals surface area contributed by atoms with Crippen LogP contribution >= 0.6 is 7.37 Å². The molecule has 2 rings (SSSR count). The topological polar surface area (TPSA) is 52.6 Å². The summed E-state index contributed by atoms with van der Waals surface area (Å²) in [4.78, 5) is 11.3. The Kier molecular flexibility index (Phi) is 7.49. The van der Waals surface area contributed by atoms with E-state index in [9.17, 15) is 9.36 Å². The highest BCUT2D eigenvalue weighted by Gasteiger charge is 2.38. The van der Waals surface area contributed by atoms with Gasteiger partial charge in [-0.05, 0) is 49.7 Å². The van der Waals surface area contributed by atoms with E-state index in [-0.39, 0.29) is 18.2 Å². The number of hydrogen-bond donors (Lipinski definition) is 0. The molecular formula is C21H33O4P. The van der Waals surface area contributed by atoms with Crippen molar-refractivity contribution in [2.75, 3.05) is 6.16 Å². The summed E-state index contributed by atoms with van der Waals surface area (Å²) in [5, 5.41) is 0.708. The summed E-state index contributed by atoms with van der Waals surface area (Å²) in [6, 6.07) is 9.38. The molecule has 0 radical (unpaired) electrons. The van der Waals surface area contributed by atoms with Gasteiger partial charge in [0, 0.05) is 12.2 Å². The zero-order chi connectivity index (χ0) is 19.3. The zero-order valence-corrected chi connectivity index (χ0v) is 17.6. The van der Waals surface area contributed by atoms with Gasteiger partial charge in [0.2, 0.25) is 7.37 Å². The lowest BCUT2D eigenvalue weighted by Gasteiger charge is -2.39. The van der Waals surface area contributed by atoms with E-state index in [2.05, 4.69) is 20.8 Å². The lowest BCUT2D eigenvalue weighted by atomic mass is 9.75. The fraction of sp³-hybridized carbons (Fsp3) is 0.667. The van der Waals surface area contributed by atoms with Gasteiger partial charge in [-0.15, -0.1) is 0 Å². The molecule has 0 aromatic heterocycles. The standard InChI is InChI=1S/C21H33O4P/c1-15(2)20-12-11-16(3)13-21(20)25-26(23,14-17(4)24-18(5)22)19-9-7-6-8-10-19/h6-10,15-17,20-21H,11-14H2,1-5H3/t16-,17?,20+,21-,26+/m1/s1.